The molecule has 2 aromatic carbocycles. The van der Waals surface area contributed by atoms with Gasteiger partial charge in [-0.3, -0.25) is 9.89 Å². The van der Waals surface area contributed by atoms with Crippen LogP contribution in [0.15, 0.2) is 53.7 Å². The molecular weight excluding hydrogens is 355 g/mol. The normalized spacial score (nSPS) is 10.5. The Morgan fingerprint density at radius 2 is 2.12 bits per heavy atom. The first-order valence-corrected chi connectivity index (χ1v) is 8.86. The predicted molar refractivity (Wildman–Crippen MR) is 97.6 cm³/mol. The highest BCUT2D eigenvalue weighted by molar-refractivity contribution is 7.99. The van der Waals surface area contributed by atoms with Crippen molar-refractivity contribution in [3.05, 3.63) is 65.7 Å². The maximum absolute atomic E-state index is 13.1. The minimum Gasteiger partial charge on any atom is -0.485 e. The van der Waals surface area contributed by atoms with Crippen molar-refractivity contribution < 1.29 is 13.9 Å². The maximum atomic E-state index is 13.1. The van der Waals surface area contributed by atoms with Crippen LogP contribution in [0.4, 0.5) is 10.1 Å². The highest BCUT2D eigenvalue weighted by Crippen LogP contribution is 2.18. The molecule has 0 aliphatic heterocycles. The highest BCUT2D eigenvalue weighted by Gasteiger charge is 2.09. The van der Waals surface area contributed by atoms with Crippen LogP contribution in [0, 0.1) is 12.7 Å². The molecule has 0 aliphatic carbocycles. The number of ether oxygens (including phenoxy) is 1. The fourth-order valence-electron chi connectivity index (χ4n) is 2.16. The number of hydrogen-bond acceptors (Lipinski definition) is 5. The summed E-state index contributed by atoms with van der Waals surface area (Å²) in [5.74, 6) is 0.812. The summed E-state index contributed by atoms with van der Waals surface area (Å²) in [5, 5.41) is 9.91. The van der Waals surface area contributed by atoms with Gasteiger partial charge in [0.2, 0.25) is 11.1 Å². The van der Waals surface area contributed by atoms with Gasteiger partial charge < -0.3 is 10.1 Å². The first kappa shape index (κ1) is 17.9. The average Bonchev–Trinajstić information content (AvgIpc) is 3.07. The Bertz CT molecular complexity index is 900. The number of para-hydroxylation sites is 1. The van der Waals surface area contributed by atoms with Gasteiger partial charge in [-0.1, -0.05) is 36.0 Å². The molecule has 6 nitrogen and oxygen atoms in total. The molecule has 26 heavy (non-hydrogen) atoms. The number of aromatic amines is 1. The number of aromatic nitrogens is 3. The van der Waals surface area contributed by atoms with Crippen LogP contribution in [0.5, 0.6) is 5.75 Å². The molecule has 0 fully saturated rings. The molecule has 0 saturated heterocycles. The molecule has 0 saturated carbocycles. The van der Waals surface area contributed by atoms with Crippen molar-refractivity contribution >= 4 is 23.4 Å². The lowest BCUT2D eigenvalue weighted by atomic mass is 10.2. The van der Waals surface area contributed by atoms with E-state index in [2.05, 4.69) is 20.5 Å². The molecule has 2 N–H and O–H groups in total. The standard InChI is InChI=1S/C18H17FN4O2S/c1-12-5-2-3-8-15(12)25-10-16-21-18(23-22-16)26-11-17(24)20-14-7-4-6-13(19)9-14/h2-9H,10-11H2,1H3,(H,20,24)(H,21,22,23). The number of H-pyrrole nitrogens is 1. The van der Waals surface area contributed by atoms with Crippen LogP contribution in [0.3, 0.4) is 0 Å². The topological polar surface area (TPSA) is 79.9 Å². The molecule has 1 heterocycles. The summed E-state index contributed by atoms with van der Waals surface area (Å²) >= 11 is 1.18. The van der Waals surface area contributed by atoms with Crippen molar-refractivity contribution in [2.24, 2.45) is 0 Å². The van der Waals surface area contributed by atoms with E-state index in [1.54, 1.807) is 6.07 Å². The monoisotopic (exact) mass is 372 g/mol. The van der Waals surface area contributed by atoms with Gasteiger partial charge in [-0.2, -0.15) is 0 Å². The largest absolute Gasteiger partial charge is 0.485 e. The molecule has 1 amide bonds. The van der Waals surface area contributed by atoms with Crippen LogP contribution in [-0.4, -0.2) is 26.8 Å². The zero-order valence-electron chi connectivity index (χ0n) is 14.0. The third-order valence-electron chi connectivity index (χ3n) is 3.41. The second-order valence-electron chi connectivity index (χ2n) is 5.47. The SMILES string of the molecule is Cc1ccccc1OCc1nc(SCC(=O)Nc2cccc(F)c2)n[nH]1. The second-order valence-corrected chi connectivity index (χ2v) is 6.41. The fraction of sp³-hybridized carbons (Fsp3) is 0.167. The number of benzene rings is 2. The number of rotatable bonds is 7. The van der Waals surface area contributed by atoms with Gasteiger partial charge >= 0.3 is 0 Å². The van der Waals surface area contributed by atoms with E-state index in [9.17, 15) is 9.18 Å². The molecule has 3 rings (SSSR count). The molecule has 1 aromatic heterocycles. The molecule has 134 valence electrons. The number of halogens is 1. The summed E-state index contributed by atoms with van der Waals surface area (Å²) in [6.07, 6.45) is 0. The summed E-state index contributed by atoms with van der Waals surface area (Å²) in [4.78, 5) is 16.2. The zero-order valence-corrected chi connectivity index (χ0v) is 14.8. The predicted octanol–water partition coefficient (Wildman–Crippen LogP) is 3.56. The maximum Gasteiger partial charge on any atom is 0.234 e. The Balaban J connectivity index is 1.47. The minimum atomic E-state index is -0.400. The lowest BCUT2D eigenvalue weighted by Crippen LogP contribution is -2.14. The zero-order chi connectivity index (χ0) is 18.4. The van der Waals surface area contributed by atoms with E-state index in [0.29, 0.717) is 16.7 Å². The molecule has 8 heteroatoms. The number of aryl methyl sites for hydroxylation is 1. The van der Waals surface area contributed by atoms with E-state index in [1.807, 2.05) is 31.2 Å². The van der Waals surface area contributed by atoms with Crippen LogP contribution < -0.4 is 10.1 Å². The molecule has 0 unspecified atom stereocenters. The summed E-state index contributed by atoms with van der Waals surface area (Å²) in [7, 11) is 0. The number of nitrogens with one attached hydrogen (secondary N) is 2. The van der Waals surface area contributed by atoms with Crippen molar-refractivity contribution in [1.82, 2.24) is 15.2 Å². The Kier molecular flexibility index (Phi) is 5.85. The Morgan fingerprint density at radius 3 is 2.92 bits per heavy atom. The van der Waals surface area contributed by atoms with Gasteiger partial charge in [-0.05, 0) is 36.8 Å². The summed E-state index contributed by atoms with van der Waals surface area (Å²) in [6.45, 7) is 2.22. The number of carbonyl (C=O) groups is 1. The molecular formula is C18H17FN4O2S. The van der Waals surface area contributed by atoms with Crippen LogP contribution in [0.2, 0.25) is 0 Å². The molecule has 0 bridgehead atoms. The van der Waals surface area contributed by atoms with Crippen LogP contribution >= 0.6 is 11.8 Å². The Labute approximate surface area is 154 Å². The number of anilines is 1. The average molecular weight is 372 g/mol. The molecule has 0 spiro atoms. The second kappa shape index (κ2) is 8.48. The van der Waals surface area contributed by atoms with Gasteiger partial charge in [0.25, 0.3) is 0 Å². The lowest BCUT2D eigenvalue weighted by Gasteiger charge is -2.06. The molecule has 0 aliphatic rings. The number of hydrogen-bond donors (Lipinski definition) is 2. The van der Waals surface area contributed by atoms with Gasteiger partial charge in [-0.25, -0.2) is 9.37 Å². The summed E-state index contributed by atoms with van der Waals surface area (Å²) in [5.41, 5.74) is 1.45. The smallest absolute Gasteiger partial charge is 0.234 e. The van der Waals surface area contributed by atoms with Gasteiger partial charge in [0.1, 0.15) is 18.2 Å². The van der Waals surface area contributed by atoms with E-state index in [4.69, 9.17) is 4.74 Å². The fourth-order valence-corrected chi connectivity index (χ4v) is 2.78. The Hall–Kier alpha value is -2.87. The first-order valence-electron chi connectivity index (χ1n) is 7.88. The third-order valence-corrected chi connectivity index (χ3v) is 4.26. The van der Waals surface area contributed by atoms with Crippen molar-refractivity contribution in [2.45, 2.75) is 18.7 Å². The van der Waals surface area contributed by atoms with Crippen molar-refractivity contribution in [1.29, 1.82) is 0 Å². The lowest BCUT2D eigenvalue weighted by molar-refractivity contribution is -0.113. The highest BCUT2D eigenvalue weighted by atomic mass is 32.2. The van der Waals surface area contributed by atoms with Crippen LogP contribution in [0.1, 0.15) is 11.4 Å². The summed E-state index contributed by atoms with van der Waals surface area (Å²) in [6, 6.07) is 13.4. The molecule has 0 radical (unpaired) electrons. The van der Waals surface area contributed by atoms with E-state index in [0.717, 1.165) is 11.3 Å². The van der Waals surface area contributed by atoms with Crippen molar-refractivity contribution in [3.63, 3.8) is 0 Å². The van der Waals surface area contributed by atoms with Gasteiger partial charge in [-0.15, -0.1) is 5.10 Å². The minimum absolute atomic E-state index is 0.118. The van der Waals surface area contributed by atoms with E-state index in [-0.39, 0.29) is 18.3 Å². The first-order chi connectivity index (χ1) is 12.6. The van der Waals surface area contributed by atoms with Crippen LogP contribution in [0.25, 0.3) is 0 Å². The Morgan fingerprint density at radius 1 is 1.27 bits per heavy atom. The number of amides is 1. The van der Waals surface area contributed by atoms with E-state index in [1.165, 1.54) is 30.0 Å². The number of thioether (sulfide) groups is 1. The van der Waals surface area contributed by atoms with Crippen molar-refractivity contribution in [3.8, 4) is 5.75 Å². The van der Waals surface area contributed by atoms with E-state index < -0.39 is 5.82 Å². The van der Waals surface area contributed by atoms with Gasteiger partial charge in [0.15, 0.2) is 5.82 Å². The van der Waals surface area contributed by atoms with E-state index >= 15 is 0 Å². The molecule has 3 aromatic rings. The van der Waals surface area contributed by atoms with Gasteiger partial charge in [0.05, 0.1) is 5.75 Å². The third kappa shape index (κ3) is 5.06. The number of nitrogens with zero attached hydrogens (tertiary/aromatic N) is 2. The quantitative estimate of drug-likeness (QED) is 0.620. The number of carbonyl (C=O) groups excluding carboxylic acids is 1. The van der Waals surface area contributed by atoms with Crippen molar-refractivity contribution in [2.75, 3.05) is 11.1 Å². The molecule has 0 atom stereocenters. The van der Waals surface area contributed by atoms with Crippen LogP contribution in [-0.2, 0) is 11.4 Å². The van der Waals surface area contributed by atoms with Gasteiger partial charge in [0, 0.05) is 5.69 Å². The summed E-state index contributed by atoms with van der Waals surface area (Å²) < 4.78 is 18.8.